The topological polar surface area (TPSA) is 87.9 Å². The van der Waals surface area contributed by atoms with Gasteiger partial charge < -0.3 is 25.6 Å². The highest BCUT2D eigenvalue weighted by Gasteiger charge is 2.22. The van der Waals surface area contributed by atoms with Crippen LogP contribution < -0.4 is 20.7 Å². The Morgan fingerprint density at radius 1 is 0.962 bits per heavy atom. The van der Waals surface area contributed by atoms with Crippen LogP contribution in [-0.4, -0.2) is 50.1 Å². The number of hydrogen-bond donors (Lipinski definition) is 2. The van der Waals surface area contributed by atoms with Crippen LogP contribution in [0.3, 0.4) is 0 Å². The third-order valence-corrected chi connectivity index (χ3v) is 4.40. The van der Waals surface area contributed by atoms with Gasteiger partial charge in [-0.05, 0) is 48.5 Å². The van der Waals surface area contributed by atoms with Crippen LogP contribution in [0, 0.1) is 0 Å². The summed E-state index contributed by atoms with van der Waals surface area (Å²) in [7, 11) is 1.65. The van der Waals surface area contributed by atoms with Crippen molar-refractivity contribution in [3.05, 3.63) is 54.1 Å². The first-order valence-corrected chi connectivity index (χ1v) is 8.41. The standard InChI is InChI=1S/C19H22N4O3/c1-26-17-8-6-16(7-9-17)22-10-12-23(13-11-22)18(24)14-2-4-15(5-3-14)21-19(20)25/h2-9H,10-13H2,1H3,(H3,20,21,25). The van der Waals surface area contributed by atoms with Crippen LogP contribution >= 0.6 is 0 Å². The Balaban J connectivity index is 1.58. The minimum absolute atomic E-state index is 0.00925. The molecule has 3 amide bonds. The van der Waals surface area contributed by atoms with E-state index in [1.54, 1.807) is 31.4 Å². The first-order valence-electron chi connectivity index (χ1n) is 8.41. The molecule has 0 radical (unpaired) electrons. The van der Waals surface area contributed by atoms with Gasteiger partial charge in [-0.25, -0.2) is 4.79 Å². The number of urea groups is 1. The molecule has 0 saturated carbocycles. The molecule has 26 heavy (non-hydrogen) atoms. The smallest absolute Gasteiger partial charge is 0.316 e. The molecule has 0 aromatic heterocycles. The van der Waals surface area contributed by atoms with E-state index in [4.69, 9.17) is 10.5 Å². The molecule has 1 fully saturated rings. The number of carbonyl (C=O) groups excluding carboxylic acids is 2. The molecule has 3 rings (SSSR count). The van der Waals surface area contributed by atoms with Gasteiger partial charge in [0, 0.05) is 43.1 Å². The minimum Gasteiger partial charge on any atom is -0.497 e. The quantitative estimate of drug-likeness (QED) is 0.881. The van der Waals surface area contributed by atoms with Crippen LogP contribution in [0.4, 0.5) is 16.2 Å². The van der Waals surface area contributed by atoms with Crippen LogP contribution in [0.5, 0.6) is 5.75 Å². The average molecular weight is 354 g/mol. The number of benzene rings is 2. The van der Waals surface area contributed by atoms with E-state index in [0.29, 0.717) is 24.3 Å². The lowest BCUT2D eigenvalue weighted by Crippen LogP contribution is -2.48. The molecular formula is C19H22N4O3. The van der Waals surface area contributed by atoms with Crippen molar-refractivity contribution >= 4 is 23.3 Å². The normalized spacial score (nSPS) is 14.0. The second-order valence-corrected chi connectivity index (χ2v) is 6.04. The molecule has 7 nitrogen and oxygen atoms in total. The van der Waals surface area contributed by atoms with Crippen LogP contribution in [0.25, 0.3) is 0 Å². The van der Waals surface area contributed by atoms with Crippen LogP contribution in [0.2, 0.25) is 0 Å². The third-order valence-electron chi connectivity index (χ3n) is 4.40. The summed E-state index contributed by atoms with van der Waals surface area (Å²) in [6.45, 7) is 2.87. The first-order chi connectivity index (χ1) is 12.6. The SMILES string of the molecule is COc1ccc(N2CCN(C(=O)c3ccc(NC(N)=O)cc3)CC2)cc1. The Kier molecular flexibility index (Phi) is 5.26. The molecule has 3 N–H and O–H groups in total. The van der Waals surface area contributed by atoms with Gasteiger partial charge in [-0.15, -0.1) is 0 Å². The van der Waals surface area contributed by atoms with Gasteiger partial charge in [0.05, 0.1) is 7.11 Å². The molecular weight excluding hydrogens is 332 g/mol. The number of hydrogen-bond acceptors (Lipinski definition) is 4. The second kappa shape index (κ2) is 7.77. The van der Waals surface area contributed by atoms with Gasteiger partial charge in [0.1, 0.15) is 5.75 Å². The molecule has 0 aliphatic carbocycles. The molecule has 0 spiro atoms. The molecule has 2 aromatic rings. The number of rotatable bonds is 4. The van der Waals surface area contributed by atoms with Gasteiger partial charge in [-0.1, -0.05) is 0 Å². The summed E-state index contributed by atoms with van der Waals surface area (Å²) in [4.78, 5) is 27.6. The Labute approximate surface area is 152 Å². The molecule has 0 bridgehead atoms. The summed E-state index contributed by atoms with van der Waals surface area (Å²) in [5.74, 6) is 0.821. The van der Waals surface area contributed by atoms with Crippen molar-refractivity contribution in [3.63, 3.8) is 0 Å². The van der Waals surface area contributed by atoms with Gasteiger partial charge in [0.15, 0.2) is 0 Å². The van der Waals surface area contributed by atoms with Crippen molar-refractivity contribution in [1.29, 1.82) is 0 Å². The number of nitrogens with two attached hydrogens (primary N) is 1. The summed E-state index contributed by atoms with van der Waals surface area (Å²) in [6, 6.07) is 14.0. The molecule has 1 aliphatic heterocycles. The summed E-state index contributed by atoms with van der Waals surface area (Å²) in [5.41, 5.74) is 7.37. The van der Waals surface area contributed by atoms with Crippen LogP contribution in [-0.2, 0) is 0 Å². The summed E-state index contributed by atoms with van der Waals surface area (Å²) < 4.78 is 5.18. The molecule has 0 unspecified atom stereocenters. The highest BCUT2D eigenvalue weighted by atomic mass is 16.5. The number of methoxy groups -OCH3 is 1. The van der Waals surface area contributed by atoms with E-state index in [2.05, 4.69) is 10.2 Å². The van der Waals surface area contributed by atoms with E-state index in [1.165, 1.54) is 0 Å². The van der Waals surface area contributed by atoms with Gasteiger partial charge in [0.2, 0.25) is 0 Å². The lowest BCUT2D eigenvalue weighted by molar-refractivity contribution is 0.0747. The molecule has 0 atom stereocenters. The van der Waals surface area contributed by atoms with Crippen LogP contribution in [0.1, 0.15) is 10.4 Å². The van der Waals surface area contributed by atoms with Crippen molar-refractivity contribution in [1.82, 2.24) is 4.90 Å². The van der Waals surface area contributed by atoms with Gasteiger partial charge in [0.25, 0.3) is 5.91 Å². The Morgan fingerprint density at radius 3 is 2.12 bits per heavy atom. The minimum atomic E-state index is -0.626. The third kappa shape index (κ3) is 4.05. The lowest BCUT2D eigenvalue weighted by atomic mass is 10.1. The van der Waals surface area contributed by atoms with E-state index < -0.39 is 6.03 Å². The van der Waals surface area contributed by atoms with Gasteiger partial charge in [-0.2, -0.15) is 0 Å². The van der Waals surface area contributed by atoms with E-state index in [9.17, 15) is 9.59 Å². The summed E-state index contributed by atoms with van der Waals surface area (Å²) in [6.07, 6.45) is 0. The number of nitrogens with one attached hydrogen (secondary N) is 1. The maximum Gasteiger partial charge on any atom is 0.316 e. The highest BCUT2D eigenvalue weighted by Crippen LogP contribution is 2.21. The largest absolute Gasteiger partial charge is 0.497 e. The Morgan fingerprint density at radius 2 is 1.58 bits per heavy atom. The van der Waals surface area contributed by atoms with E-state index in [1.807, 2.05) is 29.2 Å². The van der Waals surface area contributed by atoms with Crippen molar-refractivity contribution in [2.24, 2.45) is 5.73 Å². The van der Waals surface area contributed by atoms with Gasteiger partial charge >= 0.3 is 6.03 Å². The number of ether oxygens (including phenoxy) is 1. The van der Waals surface area contributed by atoms with Crippen molar-refractivity contribution < 1.29 is 14.3 Å². The average Bonchev–Trinajstić information content (AvgIpc) is 2.68. The van der Waals surface area contributed by atoms with E-state index in [0.717, 1.165) is 24.5 Å². The zero-order valence-corrected chi connectivity index (χ0v) is 14.6. The summed E-state index contributed by atoms with van der Waals surface area (Å²) in [5, 5.41) is 2.48. The monoisotopic (exact) mass is 354 g/mol. The maximum atomic E-state index is 12.6. The number of anilines is 2. The molecule has 136 valence electrons. The van der Waals surface area contributed by atoms with Gasteiger partial charge in [-0.3, -0.25) is 4.79 Å². The number of piperazine rings is 1. The Hall–Kier alpha value is -3.22. The van der Waals surface area contributed by atoms with E-state index >= 15 is 0 Å². The predicted octanol–water partition coefficient (Wildman–Crippen LogP) is 2.15. The van der Waals surface area contributed by atoms with E-state index in [-0.39, 0.29) is 5.91 Å². The molecule has 2 aromatic carbocycles. The zero-order valence-electron chi connectivity index (χ0n) is 14.6. The Bertz CT molecular complexity index is 766. The van der Waals surface area contributed by atoms with Crippen molar-refractivity contribution in [2.75, 3.05) is 43.5 Å². The zero-order chi connectivity index (χ0) is 18.5. The first kappa shape index (κ1) is 17.6. The second-order valence-electron chi connectivity index (χ2n) is 6.04. The molecule has 7 heteroatoms. The van der Waals surface area contributed by atoms with Crippen molar-refractivity contribution in [2.45, 2.75) is 0 Å². The maximum absolute atomic E-state index is 12.6. The number of carbonyl (C=O) groups is 2. The number of amides is 3. The number of nitrogens with zero attached hydrogens (tertiary/aromatic N) is 2. The fourth-order valence-electron chi connectivity index (χ4n) is 2.98. The summed E-state index contributed by atoms with van der Waals surface area (Å²) >= 11 is 0. The fraction of sp³-hybridized carbons (Fsp3) is 0.263. The number of primary amides is 1. The van der Waals surface area contributed by atoms with Crippen LogP contribution in [0.15, 0.2) is 48.5 Å². The molecule has 1 heterocycles. The fourth-order valence-corrected chi connectivity index (χ4v) is 2.98. The predicted molar refractivity (Wildman–Crippen MR) is 101 cm³/mol. The van der Waals surface area contributed by atoms with Crippen molar-refractivity contribution in [3.8, 4) is 5.75 Å². The lowest BCUT2D eigenvalue weighted by Gasteiger charge is -2.36. The highest BCUT2D eigenvalue weighted by molar-refractivity contribution is 5.95. The molecule has 1 aliphatic rings. The molecule has 1 saturated heterocycles.